The fraction of sp³-hybridized carbons (Fsp3) is 0.0952. The van der Waals surface area contributed by atoms with Gasteiger partial charge in [-0.15, -0.1) is 0 Å². The van der Waals surface area contributed by atoms with E-state index in [0.717, 1.165) is 27.3 Å². The second kappa shape index (κ2) is 8.11. The van der Waals surface area contributed by atoms with E-state index in [1.165, 1.54) is 25.6 Å². The van der Waals surface area contributed by atoms with E-state index in [-0.39, 0.29) is 12.1 Å². The lowest BCUT2D eigenvalue weighted by Crippen LogP contribution is -2.23. The molecule has 0 aliphatic heterocycles. The molecule has 0 radical (unpaired) electrons. The Bertz CT molecular complexity index is 1240. The molecule has 0 aliphatic rings. The number of benzene rings is 2. The minimum absolute atomic E-state index is 0.147. The van der Waals surface area contributed by atoms with Crippen LogP contribution in [0.1, 0.15) is 15.9 Å². The minimum Gasteiger partial charge on any atom is -0.496 e. The normalized spacial score (nSPS) is 10.9. The number of halogens is 2. The number of nitrogens with one attached hydrogen (secondary N) is 1. The molecule has 0 aliphatic carbocycles. The quantitative estimate of drug-likeness (QED) is 0.462. The Morgan fingerprint density at radius 2 is 2.00 bits per heavy atom. The number of methoxy groups -OCH3 is 1. The van der Waals surface area contributed by atoms with E-state index in [1.54, 1.807) is 0 Å². The van der Waals surface area contributed by atoms with E-state index in [4.69, 9.17) is 10.5 Å². The van der Waals surface area contributed by atoms with E-state index in [9.17, 15) is 9.18 Å². The summed E-state index contributed by atoms with van der Waals surface area (Å²) in [6.07, 6.45) is 3.30. The topological polar surface area (TPSA) is 95.1 Å². The van der Waals surface area contributed by atoms with Gasteiger partial charge in [-0.3, -0.25) is 4.79 Å². The fourth-order valence-electron chi connectivity index (χ4n) is 3.16. The van der Waals surface area contributed by atoms with Crippen LogP contribution in [0.25, 0.3) is 16.7 Å². The summed E-state index contributed by atoms with van der Waals surface area (Å²) in [6.45, 7) is 0.278. The summed E-state index contributed by atoms with van der Waals surface area (Å²) < 4.78 is 21.3. The zero-order chi connectivity index (χ0) is 21.3. The van der Waals surface area contributed by atoms with Crippen molar-refractivity contribution < 1.29 is 13.9 Å². The average molecular weight is 470 g/mol. The van der Waals surface area contributed by atoms with Gasteiger partial charge in [-0.2, -0.15) is 0 Å². The highest BCUT2D eigenvalue weighted by Gasteiger charge is 2.14. The molecular formula is C21H17BrFN5O2. The van der Waals surface area contributed by atoms with Crippen LogP contribution >= 0.6 is 15.9 Å². The van der Waals surface area contributed by atoms with Crippen molar-refractivity contribution in [1.29, 1.82) is 0 Å². The molecule has 30 heavy (non-hydrogen) atoms. The van der Waals surface area contributed by atoms with Gasteiger partial charge in [0.05, 0.1) is 17.1 Å². The molecule has 0 bridgehead atoms. The predicted molar refractivity (Wildman–Crippen MR) is 115 cm³/mol. The van der Waals surface area contributed by atoms with Crippen LogP contribution in [0.3, 0.4) is 0 Å². The molecule has 2 aromatic carbocycles. The number of nitrogens with zero attached hydrogens (tertiary/aromatic N) is 3. The number of fused-ring (bicyclic) bond motifs is 1. The van der Waals surface area contributed by atoms with Gasteiger partial charge in [0.2, 0.25) is 0 Å². The van der Waals surface area contributed by atoms with Gasteiger partial charge in [-0.05, 0) is 51.8 Å². The SMILES string of the molecule is COc1ccc(F)cc1C(=O)NCc1ccc(-n2cc(Br)c3ncnc(N)c32)cc1. The number of hydrogen-bond donors (Lipinski definition) is 2. The molecular weight excluding hydrogens is 453 g/mol. The van der Waals surface area contributed by atoms with Gasteiger partial charge in [-0.25, -0.2) is 14.4 Å². The van der Waals surface area contributed by atoms with Crippen molar-refractivity contribution in [3.8, 4) is 11.4 Å². The van der Waals surface area contributed by atoms with E-state index in [0.29, 0.717) is 17.1 Å². The first-order chi connectivity index (χ1) is 14.5. The highest BCUT2D eigenvalue weighted by molar-refractivity contribution is 9.10. The number of carbonyl (C=O) groups is 1. The van der Waals surface area contributed by atoms with E-state index in [2.05, 4.69) is 31.2 Å². The number of hydrogen-bond acceptors (Lipinski definition) is 5. The van der Waals surface area contributed by atoms with Crippen molar-refractivity contribution >= 4 is 38.7 Å². The number of nitrogen functional groups attached to an aromatic ring is 1. The average Bonchev–Trinajstić information content (AvgIpc) is 3.10. The van der Waals surface area contributed by atoms with Crippen LogP contribution in [-0.2, 0) is 6.54 Å². The minimum atomic E-state index is -0.501. The van der Waals surface area contributed by atoms with Gasteiger partial charge in [0.25, 0.3) is 5.91 Å². The molecule has 0 saturated heterocycles. The lowest BCUT2D eigenvalue weighted by Gasteiger charge is -2.11. The molecule has 4 aromatic rings. The van der Waals surface area contributed by atoms with Crippen molar-refractivity contribution in [2.45, 2.75) is 6.54 Å². The zero-order valence-electron chi connectivity index (χ0n) is 15.9. The van der Waals surface area contributed by atoms with Gasteiger partial charge in [0.15, 0.2) is 5.82 Å². The highest BCUT2D eigenvalue weighted by Crippen LogP contribution is 2.29. The monoisotopic (exact) mass is 469 g/mol. The second-order valence-electron chi connectivity index (χ2n) is 6.50. The number of amides is 1. The Hall–Kier alpha value is -3.46. The number of anilines is 1. The van der Waals surface area contributed by atoms with Crippen LogP contribution in [0.15, 0.2) is 59.5 Å². The van der Waals surface area contributed by atoms with Crippen molar-refractivity contribution in [3.63, 3.8) is 0 Å². The lowest BCUT2D eigenvalue weighted by atomic mass is 10.1. The van der Waals surface area contributed by atoms with E-state index < -0.39 is 11.7 Å². The second-order valence-corrected chi connectivity index (χ2v) is 7.35. The maximum Gasteiger partial charge on any atom is 0.255 e. The van der Waals surface area contributed by atoms with Gasteiger partial charge >= 0.3 is 0 Å². The smallest absolute Gasteiger partial charge is 0.255 e. The summed E-state index contributed by atoms with van der Waals surface area (Å²) in [4.78, 5) is 20.8. The first kappa shape index (κ1) is 19.8. The van der Waals surface area contributed by atoms with Crippen LogP contribution in [0, 0.1) is 5.82 Å². The molecule has 0 unspecified atom stereocenters. The number of nitrogens with two attached hydrogens (primary N) is 1. The first-order valence-electron chi connectivity index (χ1n) is 8.96. The molecule has 0 fully saturated rings. The van der Waals surface area contributed by atoms with Crippen LogP contribution in [0.2, 0.25) is 0 Å². The molecule has 4 rings (SSSR count). The molecule has 0 saturated carbocycles. The Labute approximate surface area is 179 Å². The molecule has 1 amide bonds. The van der Waals surface area contributed by atoms with Crippen LogP contribution in [-0.4, -0.2) is 27.6 Å². The van der Waals surface area contributed by atoms with E-state index in [1.807, 2.05) is 35.0 Å². The molecule has 9 heteroatoms. The predicted octanol–water partition coefficient (Wildman–Crippen LogP) is 3.84. The van der Waals surface area contributed by atoms with Crippen molar-refractivity contribution in [3.05, 3.63) is 76.4 Å². The van der Waals surface area contributed by atoms with Gasteiger partial charge in [-0.1, -0.05) is 12.1 Å². The van der Waals surface area contributed by atoms with Crippen LogP contribution in [0.5, 0.6) is 5.75 Å². The fourth-order valence-corrected chi connectivity index (χ4v) is 3.65. The molecule has 2 aromatic heterocycles. The highest BCUT2D eigenvalue weighted by atomic mass is 79.9. The number of rotatable bonds is 5. The maximum absolute atomic E-state index is 13.5. The third kappa shape index (κ3) is 3.71. The molecule has 7 nitrogen and oxygen atoms in total. The summed E-state index contributed by atoms with van der Waals surface area (Å²) in [5.74, 6) is -0.223. The Kier molecular flexibility index (Phi) is 5.37. The molecule has 0 spiro atoms. The van der Waals surface area contributed by atoms with Crippen molar-refractivity contribution in [2.24, 2.45) is 0 Å². The summed E-state index contributed by atoms with van der Waals surface area (Å²) in [6, 6.07) is 11.4. The summed E-state index contributed by atoms with van der Waals surface area (Å²) in [7, 11) is 1.43. The number of carbonyl (C=O) groups excluding carboxylic acids is 1. The Morgan fingerprint density at radius 1 is 1.23 bits per heavy atom. The molecule has 152 valence electrons. The molecule has 0 atom stereocenters. The van der Waals surface area contributed by atoms with Crippen LogP contribution < -0.4 is 15.8 Å². The first-order valence-corrected chi connectivity index (χ1v) is 9.75. The van der Waals surface area contributed by atoms with Crippen LogP contribution in [0.4, 0.5) is 10.2 Å². The van der Waals surface area contributed by atoms with Gasteiger partial charge < -0.3 is 20.4 Å². The Balaban J connectivity index is 1.53. The summed E-state index contributed by atoms with van der Waals surface area (Å²) >= 11 is 3.49. The lowest BCUT2D eigenvalue weighted by molar-refractivity contribution is 0.0947. The molecule has 2 heterocycles. The number of aromatic nitrogens is 3. The third-order valence-corrected chi connectivity index (χ3v) is 5.21. The standard InChI is InChI=1S/C21H17BrFN5O2/c1-30-17-7-4-13(23)8-15(17)21(29)25-9-12-2-5-14(6-3-12)28-10-16(22)18-19(28)20(24)27-11-26-18/h2-8,10-11H,9H2,1H3,(H,25,29)(H2,24,26,27). The van der Waals surface area contributed by atoms with Crippen molar-refractivity contribution in [1.82, 2.24) is 19.9 Å². The van der Waals surface area contributed by atoms with Gasteiger partial charge in [0, 0.05) is 18.4 Å². The molecule has 3 N–H and O–H groups in total. The van der Waals surface area contributed by atoms with Crippen molar-refractivity contribution in [2.75, 3.05) is 12.8 Å². The summed E-state index contributed by atoms with van der Waals surface area (Å²) in [5, 5.41) is 2.78. The zero-order valence-corrected chi connectivity index (χ0v) is 17.5. The largest absolute Gasteiger partial charge is 0.496 e. The third-order valence-electron chi connectivity index (χ3n) is 4.63. The Morgan fingerprint density at radius 3 is 2.73 bits per heavy atom. The van der Waals surface area contributed by atoms with Gasteiger partial charge in [0.1, 0.15) is 28.9 Å². The summed E-state index contributed by atoms with van der Waals surface area (Å²) in [5.41, 5.74) is 9.36. The van der Waals surface area contributed by atoms with E-state index >= 15 is 0 Å². The number of ether oxygens (including phenoxy) is 1. The maximum atomic E-state index is 13.5.